The molecule has 1 atom stereocenters. The highest BCUT2D eigenvalue weighted by Crippen LogP contribution is 2.23. The number of carbonyl (C=O) groups excluding carboxylic acids is 2. The van der Waals surface area contributed by atoms with Gasteiger partial charge in [0, 0.05) is 29.4 Å². The number of carbonyl (C=O) groups is 2. The summed E-state index contributed by atoms with van der Waals surface area (Å²) in [6, 6.07) is 11.9. The second-order valence-electron chi connectivity index (χ2n) is 6.56. The maximum Gasteiger partial charge on any atom is 0.255 e. The first-order chi connectivity index (χ1) is 13.5. The Kier molecular flexibility index (Phi) is 6.16. The van der Waals surface area contributed by atoms with Crippen molar-refractivity contribution in [3.05, 3.63) is 53.6 Å². The van der Waals surface area contributed by atoms with E-state index in [2.05, 4.69) is 5.32 Å². The lowest BCUT2D eigenvalue weighted by Gasteiger charge is -2.33. The molecule has 1 unspecified atom stereocenters. The van der Waals surface area contributed by atoms with Crippen LogP contribution in [0.1, 0.15) is 27.6 Å². The molecule has 0 bridgehead atoms. The number of methoxy groups -OCH3 is 2. The molecule has 7 nitrogen and oxygen atoms in total. The Morgan fingerprint density at radius 3 is 2.25 bits per heavy atom. The predicted molar refractivity (Wildman–Crippen MR) is 105 cm³/mol. The van der Waals surface area contributed by atoms with E-state index >= 15 is 0 Å². The number of morpholine rings is 1. The molecular formula is C21H24N2O5. The number of hydrogen-bond acceptors (Lipinski definition) is 5. The summed E-state index contributed by atoms with van der Waals surface area (Å²) in [4.78, 5) is 27.0. The number of amides is 2. The molecule has 2 aromatic carbocycles. The molecule has 3 rings (SSSR count). The van der Waals surface area contributed by atoms with Crippen LogP contribution in [0.2, 0.25) is 0 Å². The molecule has 1 N–H and O–H groups in total. The quantitative estimate of drug-likeness (QED) is 0.858. The van der Waals surface area contributed by atoms with Crippen LogP contribution in [0.25, 0.3) is 0 Å². The van der Waals surface area contributed by atoms with Crippen LogP contribution in [0, 0.1) is 0 Å². The van der Waals surface area contributed by atoms with Crippen LogP contribution in [-0.4, -0.2) is 56.7 Å². The Morgan fingerprint density at radius 1 is 1.04 bits per heavy atom. The first-order valence-corrected chi connectivity index (χ1v) is 9.05. The summed E-state index contributed by atoms with van der Waals surface area (Å²) in [7, 11) is 3.06. The second kappa shape index (κ2) is 8.75. The lowest BCUT2D eigenvalue weighted by atomic mass is 10.1. The minimum atomic E-state index is -0.293. The van der Waals surface area contributed by atoms with Gasteiger partial charge in [-0.15, -0.1) is 0 Å². The standard InChI is InChI=1S/C21H24N2O5/c1-14-13-28-9-8-23(14)21(25)15-4-6-17(7-5-15)22-20(24)16-10-18(26-2)12-19(11-16)27-3/h4-7,10-12,14H,8-9,13H2,1-3H3,(H,22,24). The minimum Gasteiger partial charge on any atom is -0.497 e. The van der Waals surface area contributed by atoms with Crippen LogP contribution in [0.3, 0.4) is 0 Å². The van der Waals surface area contributed by atoms with Crippen molar-refractivity contribution < 1.29 is 23.8 Å². The minimum absolute atomic E-state index is 0.0359. The van der Waals surface area contributed by atoms with Crippen LogP contribution in [-0.2, 0) is 4.74 Å². The molecule has 2 amide bonds. The Hall–Kier alpha value is -3.06. The summed E-state index contributed by atoms with van der Waals surface area (Å²) in [6.45, 7) is 3.64. The van der Waals surface area contributed by atoms with E-state index in [1.807, 2.05) is 6.92 Å². The lowest BCUT2D eigenvalue weighted by molar-refractivity contribution is 0.00359. The van der Waals surface area contributed by atoms with Gasteiger partial charge >= 0.3 is 0 Å². The van der Waals surface area contributed by atoms with E-state index in [0.29, 0.717) is 48.1 Å². The zero-order chi connectivity index (χ0) is 20.1. The SMILES string of the molecule is COc1cc(OC)cc(C(=O)Nc2ccc(C(=O)N3CCOCC3C)cc2)c1. The smallest absolute Gasteiger partial charge is 0.255 e. The summed E-state index contributed by atoms with van der Waals surface area (Å²) in [5.41, 5.74) is 1.59. The lowest BCUT2D eigenvalue weighted by Crippen LogP contribution is -2.47. The Balaban J connectivity index is 1.70. The number of hydrogen-bond donors (Lipinski definition) is 1. The Bertz CT molecular complexity index is 828. The number of nitrogens with zero attached hydrogens (tertiary/aromatic N) is 1. The van der Waals surface area contributed by atoms with Crippen molar-refractivity contribution in [3.8, 4) is 11.5 Å². The maximum atomic E-state index is 12.7. The van der Waals surface area contributed by atoms with E-state index in [1.165, 1.54) is 14.2 Å². The molecule has 7 heteroatoms. The fraction of sp³-hybridized carbons (Fsp3) is 0.333. The molecule has 1 heterocycles. The van der Waals surface area contributed by atoms with Gasteiger partial charge in [-0.1, -0.05) is 0 Å². The monoisotopic (exact) mass is 384 g/mol. The first kappa shape index (κ1) is 19.7. The molecule has 0 radical (unpaired) electrons. The highest BCUT2D eigenvalue weighted by atomic mass is 16.5. The molecule has 0 spiro atoms. The third-order valence-corrected chi connectivity index (χ3v) is 4.63. The van der Waals surface area contributed by atoms with Gasteiger partial charge in [0.25, 0.3) is 11.8 Å². The molecule has 0 saturated carbocycles. The fourth-order valence-electron chi connectivity index (χ4n) is 3.03. The first-order valence-electron chi connectivity index (χ1n) is 9.05. The van der Waals surface area contributed by atoms with Crippen molar-refractivity contribution in [1.82, 2.24) is 4.90 Å². The molecule has 28 heavy (non-hydrogen) atoms. The molecule has 1 aliphatic heterocycles. The summed E-state index contributed by atoms with van der Waals surface area (Å²) in [6.07, 6.45) is 0. The highest BCUT2D eigenvalue weighted by molar-refractivity contribution is 6.05. The number of benzene rings is 2. The van der Waals surface area contributed by atoms with Gasteiger partial charge in [0.1, 0.15) is 11.5 Å². The van der Waals surface area contributed by atoms with E-state index < -0.39 is 0 Å². The van der Waals surface area contributed by atoms with Crippen LogP contribution in [0.15, 0.2) is 42.5 Å². The molecule has 148 valence electrons. The van der Waals surface area contributed by atoms with Crippen molar-refractivity contribution in [3.63, 3.8) is 0 Å². The molecular weight excluding hydrogens is 360 g/mol. The number of rotatable bonds is 5. The second-order valence-corrected chi connectivity index (χ2v) is 6.56. The molecule has 1 aliphatic rings. The fourth-order valence-corrected chi connectivity index (χ4v) is 3.03. The van der Waals surface area contributed by atoms with Gasteiger partial charge in [0.2, 0.25) is 0 Å². The number of anilines is 1. The maximum absolute atomic E-state index is 12.7. The van der Waals surface area contributed by atoms with E-state index in [4.69, 9.17) is 14.2 Å². The van der Waals surface area contributed by atoms with Crippen molar-refractivity contribution in [2.75, 3.05) is 39.3 Å². The van der Waals surface area contributed by atoms with Gasteiger partial charge in [0.15, 0.2) is 0 Å². The third-order valence-electron chi connectivity index (χ3n) is 4.63. The molecule has 2 aromatic rings. The summed E-state index contributed by atoms with van der Waals surface area (Å²) in [5, 5.41) is 2.82. The van der Waals surface area contributed by atoms with Crippen LogP contribution in [0.4, 0.5) is 5.69 Å². The average Bonchev–Trinajstić information content (AvgIpc) is 2.73. The average molecular weight is 384 g/mol. The van der Waals surface area contributed by atoms with E-state index in [-0.39, 0.29) is 17.9 Å². The van der Waals surface area contributed by atoms with Crippen molar-refractivity contribution in [2.45, 2.75) is 13.0 Å². The highest BCUT2D eigenvalue weighted by Gasteiger charge is 2.24. The van der Waals surface area contributed by atoms with Gasteiger partial charge in [-0.2, -0.15) is 0 Å². The van der Waals surface area contributed by atoms with Crippen molar-refractivity contribution in [1.29, 1.82) is 0 Å². The van der Waals surface area contributed by atoms with E-state index in [0.717, 1.165) is 0 Å². The summed E-state index contributed by atoms with van der Waals surface area (Å²) < 4.78 is 15.8. The van der Waals surface area contributed by atoms with Crippen molar-refractivity contribution >= 4 is 17.5 Å². The van der Waals surface area contributed by atoms with Crippen LogP contribution in [0.5, 0.6) is 11.5 Å². The molecule has 1 saturated heterocycles. The molecule has 0 aliphatic carbocycles. The van der Waals surface area contributed by atoms with Gasteiger partial charge < -0.3 is 24.4 Å². The number of ether oxygens (including phenoxy) is 3. The normalized spacial score (nSPS) is 16.4. The van der Waals surface area contributed by atoms with E-state index in [1.54, 1.807) is 47.4 Å². The largest absolute Gasteiger partial charge is 0.497 e. The van der Waals surface area contributed by atoms with Crippen molar-refractivity contribution in [2.24, 2.45) is 0 Å². The predicted octanol–water partition coefficient (Wildman–Crippen LogP) is 2.82. The summed E-state index contributed by atoms with van der Waals surface area (Å²) >= 11 is 0. The summed E-state index contributed by atoms with van der Waals surface area (Å²) in [5.74, 6) is 0.736. The van der Waals surface area contributed by atoms with Crippen LogP contribution < -0.4 is 14.8 Å². The zero-order valence-corrected chi connectivity index (χ0v) is 16.2. The molecule has 0 aromatic heterocycles. The topological polar surface area (TPSA) is 77.1 Å². The van der Waals surface area contributed by atoms with E-state index in [9.17, 15) is 9.59 Å². The van der Waals surface area contributed by atoms with Gasteiger partial charge in [-0.3, -0.25) is 9.59 Å². The number of nitrogens with one attached hydrogen (secondary N) is 1. The third kappa shape index (κ3) is 4.43. The Morgan fingerprint density at radius 2 is 1.68 bits per heavy atom. The van der Waals surface area contributed by atoms with Crippen LogP contribution >= 0.6 is 0 Å². The molecule has 1 fully saturated rings. The Labute approximate surface area is 164 Å². The van der Waals surface area contributed by atoms with Gasteiger partial charge in [-0.05, 0) is 43.3 Å². The van der Waals surface area contributed by atoms with Gasteiger partial charge in [-0.25, -0.2) is 0 Å². The van der Waals surface area contributed by atoms with Gasteiger partial charge in [0.05, 0.1) is 33.5 Å². The zero-order valence-electron chi connectivity index (χ0n) is 16.2.